The van der Waals surface area contributed by atoms with E-state index in [-0.39, 0.29) is 10.8 Å². The lowest BCUT2D eigenvalue weighted by molar-refractivity contribution is -0.114. The van der Waals surface area contributed by atoms with E-state index >= 15 is 0 Å². The summed E-state index contributed by atoms with van der Waals surface area (Å²) in [5.41, 5.74) is 3.39. The molecule has 0 saturated carbocycles. The maximum atomic E-state index is 12.9. The minimum Gasteiger partial charge on any atom is -0.489 e. The van der Waals surface area contributed by atoms with Gasteiger partial charge in [-0.05, 0) is 60.5 Å². The molecule has 0 bridgehead atoms. The Morgan fingerprint density at radius 2 is 1.62 bits per heavy atom. The maximum absolute atomic E-state index is 12.9. The SMILES string of the molecule is CC1=NN(c2ccc(S(N)(=O)=O)cc2)C(=O)/C1=C\c1ccc(OCc2ccccc2)cc1. The van der Waals surface area contributed by atoms with E-state index in [1.807, 2.05) is 54.6 Å². The number of hydrogen-bond acceptors (Lipinski definition) is 5. The molecule has 32 heavy (non-hydrogen) atoms. The summed E-state index contributed by atoms with van der Waals surface area (Å²) in [7, 11) is -3.80. The molecule has 7 nitrogen and oxygen atoms in total. The monoisotopic (exact) mass is 447 g/mol. The van der Waals surface area contributed by atoms with Gasteiger partial charge in [0.2, 0.25) is 10.0 Å². The zero-order valence-corrected chi connectivity index (χ0v) is 18.1. The second kappa shape index (κ2) is 8.78. The van der Waals surface area contributed by atoms with Gasteiger partial charge in [0, 0.05) is 0 Å². The number of nitrogens with zero attached hydrogens (tertiary/aromatic N) is 2. The van der Waals surface area contributed by atoms with Crippen LogP contribution in [0.2, 0.25) is 0 Å². The number of sulfonamides is 1. The average molecular weight is 448 g/mol. The van der Waals surface area contributed by atoms with Crippen molar-refractivity contribution in [3.8, 4) is 5.75 Å². The van der Waals surface area contributed by atoms with Crippen molar-refractivity contribution < 1.29 is 17.9 Å². The molecule has 0 fully saturated rings. The highest BCUT2D eigenvalue weighted by molar-refractivity contribution is 7.89. The van der Waals surface area contributed by atoms with E-state index in [1.54, 1.807) is 13.0 Å². The third-order valence-electron chi connectivity index (χ3n) is 4.91. The van der Waals surface area contributed by atoms with E-state index < -0.39 is 10.0 Å². The van der Waals surface area contributed by atoms with Gasteiger partial charge in [0.25, 0.3) is 5.91 Å². The van der Waals surface area contributed by atoms with E-state index in [2.05, 4.69) is 5.10 Å². The molecule has 2 N–H and O–H groups in total. The predicted molar refractivity (Wildman–Crippen MR) is 124 cm³/mol. The number of rotatable bonds is 6. The van der Waals surface area contributed by atoms with E-state index in [0.29, 0.717) is 23.6 Å². The summed E-state index contributed by atoms with van der Waals surface area (Å²) in [5, 5.41) is 10.7. The minimum atomic E-state index is -3.80. The highest BCUT2D eigenvalue weighted by atomic mass is 32.2. The number of amides is 1. The molecule has 1 aliphatic heterocycles. The van der Waals surface area contributed by atoms with Crippen LogP contribution in [0.25, 0.3) is 6.08 Å². The van der Waals surface area contributed by atoms with Gasteiger partial charge in [-0.15, -0.1) is 0 Å². The van der Waals surface area contributed by atoms with Crippen molar-refractivity contribution in [3.63, 3.8) is 0 Å². The molecule has 0 aliphatic carbocycles. The molecule has 8 heteroatoms. The Morgan fingerprint density at radius 3 is 2.25 bits per heavy atom. The first-order chi connectivity index (χ1) is 15.3. The number of anilines is 1. The highest BCUT2D eigenvalue weighted by Crippen LogP contribution is 2.26. The number of benzene rings is 3. The van der Waals surface area contributed by atoms with Crippen molar-refractivity contribution in [2.75, 3.05) is 5.01 Å². The molecule has 0 saturated heterocycles. The van der Waals surface area contributed by atoms with Gasteiger partial charge in [-0.2, -0.15) is 10.1 Å². The first-order valence-electron chi connectivity index (χ1n) is 9.83. The van der Waals surface area contributed by atoms with Crippen LogP contribution in [0.15, 0.2) is 94.4 Å². The van der Waals surface area contributed by atoms with Gasteiger partial charge in [-0.3, -0.25) is 4.79 Å². The summed E-state index contributed by atoms with van der Waals surface area (Å²) >= 11 is 0. The molecule has 1 aliphatic rings. The van der Waals surface area contributed by atoms with Crippen molar-refractivity contribution in [1.82, 2.24) is 0 Å². The van der Waals surface area contributed by atoms with Crippen molar-refractivity contribution in [1.29, 1.82) is 0 Å². The van der Waals surface area contributed by atoms with Gasteiger partial charge in [0.1, 0.15) is 12.4 Å². The molecule has 0 spiro atoms. The summed E-state index contributed by atoms with van der Waals surface area (Å²) in [6, 6.07) is 23.0. The Morgan fingerprint density at radius 1 is 0.969 bits per heavy atom. The molecule has 0 radical (unpaired) electrons. The number of hydrogen-bond donors (Lipinski definition) is 1. The molecule has 0 aromatic heterocycles. The summed E-state index contributed by atoms with van der Waals surface area (Å²) < 4.78 is 28.6. The Balaban J connectivity index is 1.47. The van der Waals surface area contributed by atoms with E-state index in [1.165, 1.54) is 29.3 Å². The molecule has 0 atom stereocenters. The number of carbonyl (C=O) groups is 1. The lowest BCUT2D eigenvalue weighted by Gasteiger charge is -2.12. The molecule has 1 heterocycles. The summed E-state index contributed by atoms with van der Waals surface area (Å²) in [5.74, 6) is 0.436. The largest absolute Gasteiger partial charge is 0.489 e. The Kier molecular flexibility index (Phi) is 5.89. The molecule has 3 aromatic carbocycles. The molecule has 4 rings (SSSR count). The molecule has 3 aromatic rings. The molecule has 162 valence electrons. The summed E-state index contributed by atoms with van der Waals surface area (Å²) in [6.45, 7) is 2.23. The van der Waals surface area contributed by atoms with Gasteiger partial charge in [-0.1, -0.05) is 42.5 Å². The fourth-order valence-corrected chi connectivity index (χ4v) is 3.72. The third-order valence-corrected chi connectivity index (χ3v) is 5.84. The van der Waals surface area contributed by atoms with Gasteiger partial charge >= 0.3 is 0 Å². The number of ether oxygens (including phenoxy) is 1. The number of primary sulfonamides is 1. The van der Waals surface area contributed by atoms with Crippen LogP contribution in [0.4, 0.5) is 5.69 Å². The number of hydrazone groups is 1. The molecular weight excluding hydrogens is 426 g/mol. The smallest absolute Gasteiger partial charge is 0.280 e. The van der Waals surface area contributed by atoms with Crippen LogP contribution in [0.3, 0.4) is 0 Å². The van der Waals surface area contributed by atoms with Gasteiger partial charge in [-0.25, -0.2) is 13.6 Å². The Bertz CT molecular complexity index is 1300. The van der Waals surface area contributed by atoms with Crippen LogP contribution < -0.4 is 14.9 Å². The second-order valence-corrected chi connectivity index (χ2v) is 8.80. The zero-order valence-electron chi connectivity index (χ0n) is 17.3. The summed E-state index contributed by atoms with van der Waals surface area (Å²) in [4.78, 5) is 12.9. The number of carbonyl (C=O) groups excluding carboxylic acids is 1. The van der Waals surface area contributed by atoms with Crippen LogP contribution in [0, 0.1) is 0 Å². The van der Waals surface area contributed by atoms with E-state index in [4.69, 9.17) is 9.88 Å². The van der Waals surface area contributed by atoms with Crippen molar-refractivity contribution >= 4 is 33.4 Å². The third kappa shape index (κ3) is 4.77. The van der Waals surface area contributed by atoms with Crippen LogP contribution >= 0.6 is 0 Å². The quantitative estimate of drug-likeness (QED) is 0.582. The molecule has 1 amide bonds. The minimum absolute atomic E-state index is 0.0288. The van der Waals surface area contributed by atoms with Crippen LogP contribution in [0.1, 0.15) is 18.1 Å². The Labute approximate surface area is 186 Å². The first-order valence-corrected chi connectivity index (χ1v) is 11.4. The van der Waals surface area contributed by atoms with E-state index in [9.17, 15) is 13.2 Å². The average Bonchev–Trinajstić information content (AvgIpc) is 3.07. The fourth-order valence-electron chi connectivity index (χ4n) is 3.20. The fraction of sp³-hybridized carbons (Fsp3) is 0.0833. The van der Waals surface area contributed by atoms with Gasteiger partial charge < -0.3 is 4.74 Å². The Hall–Kier alpha value is -3.75. The van der Waals surface area contributed by atoms with Gasteiger partial charge in [0.15, 0.2) is 0 Å². The van der Waals surface area contributed by atoms with E-state index in [0.717, 1.165) is 16.9 Å². The van der Waals surface area contributed by atoms with Crippen LogP contribution in [-0.4, -0.2) is 20.0 Å². The molecular formula is C24H21N3O4S. The number of nitrogens with two attached hydrogens (primary N) is 1. The van der Waals surface area contributed by atoms with Gasteiger partial charge in [0.05, 0.1) is 21.9 Å². The predicted octanol–water partition coefficient (Wildman–Crippen LogP) is 3.72. The van der Waals surface area contributed by atoms with Crippen molar-refractivity contribution in [2.24, 2.45) is 10.2 Å². The zero-order chi connectivity index (χ0) is 22.7. The second-order valence-electron chi connectivity index (χ2n) is 7.24. The molecule has 0 unspecified atom stereocenters. The topological polar surface area (TPSA) is 102 Å². The van der Waals surface area contributed by atoms with Crippen molar-refractivity contribution in [3.05, 3.63) is 95.6 Å². The first kappa shape index (κ1) is 21.5. The van der Waals surface area contributed by atoms with Crippen molar-refractivity contribution in [2.45, 2.75) is 18.4 Å². The lowest BCUT2D eigenvalue weighted by Crippen LogP contribution is -2.21. The normalized spacial score (nSPS) is 15.2. The summed E-state index contributed by atoms with van der Waals surface area (Å²) in [6.07, 6.45) is 1.76. The lowest BCUT2D eigenvalue weighted by atomic mass is 10.1. The maximum Gasteiger partial charge on any atom is 0.280 e. The standard InChI is InChI=1S/C24H21N3O4S/c1-17-23(24(28)27(26-17)20-9-13-22(14-10-20)32(25,29)30)15-18-7-11-21(12-8-18)31-16-19-5-3-2-4-6-19/h2-15H,16H2,1H3,(H2,25,29,30)/b23-15-. The highest BCUT2D eigenvalue weighted by Gasteiger charge is 2.28. The van der Waals surface area contributed by atoms with Crippen LogP contribution in [0.5, 0.6) is 5.75 Å². The van der Waals surface area contributed by atoms with Crippen LogP contribution in [-0.2, 0) is 21.4 Å².